The Hall–Kier alpha value is -3.99. The smallest absolute Gasteiger partial charge is 0.164 e. The third-order valence-electron chi connectivity index (χ3n) is 11.8. The molecule has 0 amide bonds. The second kappa shape index (κ2) is 17.4. The van der Waals surface area contributed by atoms with Gasteiger partial charge < -0.3 is 13.9 Å². The number of aromatic nitrogens is 1. The summed E-state index contributed by atoms with van der Waals surface area (Å²) in [6, 6.07) is 24.6. The number of aliphatic hydroxyl groups is 1. The van der Waals surface area contributed by atoms with Crippen molar-refractivity contribution in [3.63, 3.8) is 0 Å². The maximum Gasteiger partial charge on any atom is 0.164 e. The summed E-state index contributed by atoms with van der Waals surface area (Å²) >= 11 is 0. The van der Waals surface area contributed by atoms with Crippen LogP contribution in [0, 0.1) is 29.7 Å². The van der Waals surface area contributed by atoms with E-state index in [-0.39, 0.29) is 47.9 Å². The van der Waals surface area contributed by atoms with Crippen LogP contribution in [0.1, 0.15) is 119 Å². The summed E-state index contributed by atoms with van der Waals surface area (Å²) < 4.78 is 12.7. The van der Waals surface area contributed by atoms with Gasteiger partial charge in [-0.1, -0.05) is 117 Å². The molecule has 0 bridgehead atoms. The largest absolute Gasteiger partial charge is 0.512 e. The van der Waals surface area contributed by atoms with Gasteiger partial charge in [-0.15, -0.1) is 29.1 Å². The topological polar surface area (TPSA) is 76.5 Å². The van der Waals surface area contributed by atoms with E-state index in [1.807, 2.05) is 65.9 Å². The molecular weight excluding hydrogens is 859 g/mol. The first-order chi connectivity index (χ1) is 25.5. The van der Waals surface area contributed by atoms with Crippen LogP contribution in [0.3, 0.4) is 0 Å². The summed E-state index contributed by atoms with van der Waals surface area (Å²) in [5.41, 5.74) is 6.51. The zero-order valence-corrected chi connectivity index (χ0v) is 37.4. The molecule has 3 aromatic carbocycles. The van der Waals surface area contributed by atoms with E-state index in [2.05, 4.69) is 90.1 Å². The van der Waals surface area contributed by atoms with Crippen molar-refractivity contribution in [1.82, 2.24) is 4.98 Å². The van der Waals surface area contributed by atoms with Crippen molar-refractivity contribution in [3.8, 4) is 22.6 Å². The molecule has 1 radical (unpaired) electrons. The zero-order valence-electron chi connectivity index (χ0n) is 35.0. The number of aryl methyl sites for hydroxylation is 1. The fourth-order valence-electron chi connectivity index (χ4n) is 7.09. The second-order valence-corrected chi connectivity index (χ2v) is 16.9. The minimum atomic E-state index is -0.337. The van der Waals surface area contributed by atoms with E-state index in [9.17, 15) is 9.90 Å². The first-order valence-corrected chi connectivity index (χ1v) is 19.8. The van der Waals surface area contributed by atoms with Crippen molar-refractivity contribution in [2.45, 2.75) is 121 Å². The van der Waals surface area contributed by atoms with Gasteiger partial charge in [-0.2, -0.15) is 0 Å². The molecule has 0 aliphatic rings. The van der Waals surface area contributed by atoms with Crippen molar-refractivity contribution < 1.29 is 38.8 Å². The Morgan fingerprint density at radius 1 is 0.836 bits per heavy atom. The van der Waals surface area contributed by atoms with E-state index in [0.29, 0.717) is 5.92 Å². The van der Waals surface area contributed by atoms with Gasteiger partial charge in [0, 0.05) is 71.7 Å². The average Bonchev–Trinajstić information content (AvgIpc) is 3.73. The predicted molar refractivity (Wildman–Crippen MR) is 226 cm³/mol. The molecule has 6 aromatic rings. The Morgan fingerprint density at radius 2 is 1.49 bits per heavy atom. The van der Waals surface area contributed by atoms with Crippen LogP contribution < -0.4 is 0 Å². The molecule has 0 saturated carbocycles. The number of pyridine rings is 1. The summed E-state index contributed by atoms with van der Waals surface area (Å²) in [6.45, 7) is 25.4. The molecular formula is C49H60IrNO4-. The molecule has 0 unspecified atom stereocenters. The van der Waals surface area contributed by atoms with Crippen LogP contribution in [0.25, 0.3) is 55.3 Å². The van der Waals surface area contributed by atoms with E-state index in [1.165, 1.54) is 22.6 Å². The molecule has 0 atom stereocenters. The molecule has 295 valence electrons. The number of ketones is 1. The Labute approximate surface area is 342 Å². The molecule has 6 rings (SSSR count). The minimum absolute atomic E-state index is 0. The van der Waals surface area contributed by atoms with Crippen molar-refractivity contribution in [2.24, 2.45) is 16.7 Å². The molecule has 55 heavy (non-hydrogen) atoms. The summed E-state index contributed by atoms with van der Waals surface area (Å²) in [5, 5.41) is 14.6. The van der Waals surface area contributed by atoms with Crippen LogP contribution in [0.15, 0.2) is 87.5 Å². The van der Waals surface area contributed by atoms with Gasteiger partial charge in [0.2, 0.25) is 0 Å². The number of fused-ring (bicyclic) bond motifs is 3. The number of hydrogen-bond acceptors (Lipinski definition) is 5. The number of carbonyl (C=O) groups is 1. The van der Waals surface area contributed by atoms with Gasteiger partial charge in [0.1, 0.15) is 28.4 Å². The maximum atomic E-state index is 12.2. The van der Waals surface area contributed by atoms with Crippen LogP contribution >= 0.6 is 0 Å². The van der Waals surface area contributed by atoms with Gasteiger partial charge in [0.25, 0.3) is 0 Å². The summed E-state index contributed by atoms with van der Waals surface area (Å²) in [5.74, 6) is 2.69. The predicted octanol–water partition coefficient (Wildman–Crippen LogP) is 14.3. The summed E-state index contributed by atoms with van der Waals surface area (Å²) in [7, 11) is 0. The molecule has 0 saturated heterocycles. The van der Waals surface area contributed by atoms with Crippen LogP contribution in [0.5, 0.6) is 0 Å². The fraction of sp³-hybridized carbons (Fsp3) is 0.429. The number of hydrogen-bond donors (Lipinski definition) is 1. The van der Waals surface area contributed by atoms with Gasteiger partial charge in [-0.05, 0) is 67.7 Å². The van der Waals surface area contributed by atoms with E-state index >= 15 is 0 Å². The van der Waals surface area contributed by atoms with E-state index in [1.54, 1.807) is 0 Å². The number of allylic oxidation sites excluding steroid dienone is 2. The third kappa shape index (κ3) is 9.03. The van der Waals surface area contributed by atoms with E-state index in [0.717, 1.165) is 87.8 Å². The average molecular weight is 919 g/mol. The minimum Gasteiger partial charge on any atom is -0.512 e. The molecule has 3 heterocycles. The Kier molecular flexibility index (Phi) is 13.9. The Morgan fingerprint density at radius 3 is 2.11 bits per heavy atom. The molecule has 0 fully saturated rings. The fourth-order valence-corrected chi connectivity index (χ4v) is 7.09. The molecule has 0 aliphatic heterocycles. The van der Waals surface area contributed by atoms with Gasteiger partial charge in [0.15, 0.2) is 5.78 Å². The van der Waals surface area contributed by atoms with Gasteiger partial charge >= 0.3 is 0 Å². The van der Waals surface area contributed by atoms with Crippen LogP contribution in [-0.4, -0.2) is 15.9 Å². The number of nitrogens with zero attached hydrogens (tertiary/aromatic N) is 1. The number of rotatable bonds is 11. The number of carbonyl (C=O) groups excluding carboxylic acids is 1. The third-order valence-corrected chi connectivity index (χ3v) is 11.8. The van der Waals surface area contributed by atoms with E-state index in [4.69, 9.17) is 13.8 Å². The maximum absolute atomic E-state index is 12.2. The number of benzene rings is 3. The standard InChI is InChI=1S/C34H32NO2.C15H28O2.Ir/c1-20(2)16-30-21(3)32-25(12-9-13-29(32)37-30)31-19-26-28(36-31)14-15-35-33(26)23-17-22-10-7-8-11-24(22)27(18-23)34(4,5)6;1-7-14(5,8-2)12(16)11-13(17)15(6,9-3)10-4;/h7-15,18-20H,16H2,1-6H3;11,16H,7-10H2,1-6H3;/q-1;;/b;12-11-;. The molecule has 0 spiro atoms. The molecule has 0 aliphatic carbocycles. The van der Waals surface area contributed by atoms with Crippen LogP contribution in [0.2, 0.25) is 0 Å². The molecule has 5 nitrogen and oxygen atoms in total. The SMILES string of the molecule is CCC(C)(CC)C(=O)/C=C(\O)C(C)(CC)CC.Cc1c(CC(C)C)oc2cccc(-c3cc4c(-c5[c-]c6ccccc6c(C(C)(C)C)c5)nccc4o3)c12.[Ir]. The van der Waals surface area contributed by atoms with E-state index < -0.39 is 0 Å². The first-order valence-electron chi connectivity index (χ1n) is 19.8. The van der Waals surface area contributed by atoms with Gasteiger partial charge in [-0.3, -0.25) is 9.78 Å². The van der Waals surface area contributed by atoms with Crippen molar-refractivity contribution in [3.05, 3.63) is 102 Å². The Bertz CT molecular complexity index is 2290. The second-order valence-electron chi connectivity index (χ2n) is 16.9. The molecule has 3 aromatic heterocycles. The molecule has 6 heteroatoms. The van der Waals surface area contributed by atoms with Crippen molar-refractivity contribution in [2.75, 3.05) is 0 Å². The monoisotopic (exact) mass is 919 g/mol. The van der Waals surface area contributed by atoms with Crippen LogP contribution in [-0.2, 0) is 36.7 Å². The van der Waals surface area contributed by atoms with Crippen LogP contribution in [0.4, 0.5) is 0 Å². The van der Waals surface area contributed by atoms with Gasteiger partial charge in [-0.25, -0.2) is 0 Å². The first kappa shape index (κ1) is 43.7. The summed E-state index contributed by atoms with van der Waals surface area (Å²) in [4.78, 5) is 17.0. The molecule has 1 N–H and O–H groups in total. The quantitative estimate of drug-likeness (QED) is 0.0796. The normalized spacial score (nSPS) is 12.6. The number of furan rings is 2. The van der Waals surface area contributed by atoms with Crippen molar-refractivity contribution >= 4 is 38.5 Å². The van der Waals surface area contributed by atoms with Crippen molar-refractivity contribution in [1.29, 1.82) is 0 Å². The zero-order chi connectivity index (χ0) is 39.6. The number of aliphatic hydroxyl groups excluding tert-OH is 1. The van der Waals surface area contributed by atoms with Gasteiger partial charge in [0.05, 0.1) is 0 Å². The summed E-state index contributed by atoms with van der Waals surface area (Å²) in [6.07, 6.45) is 7.50. The Balaban J connectivity index is 0.000000320.